The first-order valence-corrected chi connectivity index (χ1v) is 11.3. The van der Waals surface area contributed by atoms with Gasteiger partial charge < -0.3 is 15.3 Å². The molecule has 1 aromatic rings. The van der Waals surface area contributed by atoms with Gasteiger partial charge in [0.15, 0.2) is 0 Å². The number of rotatable bonds is 5. The van der Waals surface area contributed by atoms with Crippen LogP contribution in [0.25, 0.3) is 0 Å². The van der Waals surface area contributed by atoms with Crippen molar-refractivity contribution < 1.29 is 22.7 Å². The predicted molar refractivity (Wildman–Crippen MR) is 104 cm³/mol. The van der Waals surface area contributed by atoms with E-state index in [1.165, 1.54) is 21.5 Å². The molecule has 8 nitrogen and oxygen atoms in total. The molecule has 28 heavy (non-hydrogen) atoms. The molecule has 0 aliphatic carbocycles. The van der Waals surface area contributed by atoms with Crippen molar-refractivity contribution >= 4 is 21.8 Å². The van der Waals surface area contributed by atoms with Crippen molar-refractivity contribution in [2.24, 2.45) is 0 Å². The van der Waals surface area contributed by atoms with E-state index in [0.717, 1.165) is 5.56 Å². The van der Waals surface area contributed by atoms with Gasteiger partial charge >= 0.3 is 6.09 Å². The lowest BCUT2D eigenvalue weighted by molar-refractivity contribution is 0.133. The number of amides is 1. The predicted octanol–water partition coefficient (Wildman–Crippen LogP) is 1.46. The number of sulfonamides is 1. The van der Waals surface area contributed by atoms with Gasteiger partial charge in [-0.1, -0.05) is 6.07 Å². The Morgan fingerprint density at radius 2 is 1.82 bits per heavy atom. The zero-order chi connectivity index (χ0) is 20.3. The number of piperidine rings is 1. The standard InChI is InChI=1S/C18H27FN4O4S/c1-28(26,27)23-10-8-21(9-11-23)13-14-2-3-17(16(19)12-14)20-15-4-6-22(7-5-15)18(24)25/h2-3,12,15,20H,4-11,13H2,1H3,(H,24,25). The molecule has 0 radical (unpaired) electrons. The second-order valence-electron chi connectivity index (χ2n) is 7.44. The summed E-state index contributed by atoms with van der Waals surface area (Å²) < 4.78 is 39.1. The Labute approximate surface area is 165 Å². The minimum atomic E-state index is -3.15. The van der Waals surface area contributed by atoms with Crippen LogP contribution in [0.15, 0.2) is 18.2 Å². The lowest BCUT2D eigenvalue weighted by Gasteiger charge is -2.33. The highest BCUT2D eigenvalue weighted by atomic mass is 32.2. The Morgan fingerprint density at radius 3 is 2.36 bits per heavy atom. The smallest absolute Gasteiger partial charge is 0.407 e. The molecule has 0 aromatic heterocycles. The van der Waals surface area contributed by atoms with Crippen molar-refractivity contribution in [2.75, 3.05) is 50.8 Å². The van der Waals surface area contributed by atoms with E-state index in [0.29, 0.717) is 64.3 Å². The van der Waals surface area contributed by atoms with Crippen molar-refractivity contribution in [2.45, 2.75) is 25.4 Å². The van der Waals surface area contributed by atoms with Crippen molar-refractivity contribution in [3.8, 4) is 0 Å². The van der Waals surface area contributed by atoms with Crippen LogP contribution in [0.3, 0.4) is 0 Å². The first-order chi connectivity index (χ1) is 13.2. The third kappa shape index (κ3) is 5.33. The normalized spacial score (nSPS) is 20.3. The number of hydrogen-bond acceptors (Lipinski definition) is 5. The molecule has 2 aliphatic rings. The van der Waals surface area contributed by atoms with Crippen molar-refractivity contribution in [3.63, 3.8) is 0 Å². The fraction of sp³-hybridized carbons (Fsp3) is 0.611. The minimum absolute atomic E-state index is 0.0556. The van der Waals surface area contributed by atoms with Crippen molar-refractivity contribution in [3.05, 3.63) is 29.6 Å². The van der Waals surface area contributed by atoms with Crippen LogP contribution in [0.2, 0.25) is 0 Å². The summed E-state index contributed by atoms with van der Waals surface area (Å²) in [5.74, 6) is -0.326. The molecule has 0 unspecified atom stereocenters. The molecule has 10 heteroatoms. The maximum Gasteiger partial charge on any atom is 0.407 e. The van der Waals surface area contributed by atoms with Gasteiger partial charge in [0.05, 0.1) is 11.9 Å². The summed E-state index contributed by atoms with van der Waals surface area (Å²) in [4.78, 5) is 14.4. The molecule has 2 aliphatic heterocycles. The van der Waals surface area contributed by atoms with Crippen LogP contribution in [0.4, 0.5) is 14.9 Å². The van der Waals surface area contributed by atoms with Crippen LogP contribution in [-0.4, -0.2) is 85.3 Å². The molecular formula is C18H27FN4O4S. The Bertz CT molecular complexity index is 804. The molecule has 2 saturated heterocycles. The fourth-order valence-electron chi connectivity index (χ4n) is 3.69. The van der Waals surface area contributed by atoms with E-state index in [9.17, 15) is 17.6 Å². The minimum Gasteiger partial charge on any atom is -0.465 e. The second-order valence-corrected chi connectivity index (χ2v) is 9.42. The van der Waals surface area contributed by atoms with E-state index in [-0.39, 0.29) is 11.9 Å². The van der Waals surface area contributed by atoms with Gasteiger partial charge in [0.2, 0.25) is 10.0 Å². The quantitative estimate of drug-likeness (QED) is 0.758. The van der Waals surface area contributed by atoms with E-state index in [2.05, 4.69) is 10.2 Å². The third-order valence-electron chi connectivity index (χ3n) is 5.37. The number of nitrogens with one attached hydrogen (secondary N) is 1. The Kier molecular flexibility index (Phi) is 6.41. The van der Waals surface area contributed by atoms with Gasteiger partial charge in [-0.25, -0.2) is 17.6 Å². The number of carbonyl (C=O) groups is 1. The van der Waals surface area contributed by atoms with Crippen LogP contribution in [0, 0.1) is 5.82 Å². The molecule has 2 fully saturated rings. The maximum atomic E-state index is 14.5. The molecule has 0 saturated carbocycles. The average molecular weight is 415 g/mol. The van der Waals surface area contributed by atoms with Crippen LogP contribution in [0.5, 0.6) is 0 Å². The van der Waals surface area contributed by atoms with E-state index in [4.69, 9.17) is 5.11 Å². The highest BCUT2D eigenvalue weighted by molar-refractivity contribution is 7.88. The number of anilines is 1. The number of carboxylic acid groups (broad SMARTS) is 1. The number of nitrogens with zero attached hydrogens (tertiary/aromatic N) is 3. The maximum absolute atomic E-state index is 14.5. The monoisotopic (exact) mass is 414 g/mol. The van der Waals surface area contributed by atoms with Gasteiger partial charge in [0.25, 0.3) is 0 Å². The van der Waals surface area contributed by atoms with Crippen LogP contribution >= 0.6 is 0 Å². The number of halogens is 1. The highest BCUT2D eigenvalue weighted by Crippen LogP contribution is 2.22. The van der Waals surface area contributed by atoms with Gasteiger partial charge in [-0.05, 0) is 30.5 Å². The zero-order valence-corrected chi connectivity index (χ0v) is 16.8. The van der Waals surface area contributed by atoms with E-state index < -0.39 is 16.1 Å². The molecular weight excluding hydrogens is 387 g/mol. The Hall–Kier alpha value is -1.91. The SMILES string of the molecule is CS(=O)(=O)N1CCN(Cc2ccc(NC3CCN(C(=O)O)CC3)c(F)c2)CC1. The molecule has 0 atom stereocenters. The van der Waals surface area contributed by atoms with E-state index in [1.807, 2.05) is 6.07 Å². The third-order valence-corrected chi connectivity index (χ3v) is 6.67. The summed E-state index contributed by atoms with van der Waals surface area (Å²) in [7, 11) is -3.15. The van der Waals surface area contributed by atoms with Gasteiger partial charge in [-0.2, -0.15) is 4.31 Å². The molecule has 1 amide bonds. The summed E-state index contributed by atoms with van der Waals surface area (Å²) in [6.07, 6.45) is 1.61. The van der Waals surface area contributed by atoms with Crippen LogP contribution < -0.4 is 5.32 Å². The number of likely N-dealkylation sites (tertiary alicyclic amines) is 1. The first kappa shape index (κ1) is 20.8. The van der Waals surface area contributed by atoms with Gasteiger partial charge in [0, 0.05) is 51.9 Å². The number of piperazine rings is 1. The molecule has 0 bridgehead atoms. The van der Waals surface area contributed by atoms with Gasteiger partial charge in [-0.3, -0.25) is 4.90 Å². The fourth-order valence-corrected chi connectivity index (χ4v) is 4.51. The lowest BCUT2D eigenvalue weighted by atomic mass is 10.0. The van der Waals surface area contributed by atoms with Crippen LogP contribution in [0.1, 0.15) is 18.4 Å². The second kappa shape index (κ2) is 8.62. The Morgan fingerprint density at radius 1 is 1.18 bits per heavy atom. The highest BCUT2D eigenvalue weighted by Gasteiger charge is 2.24. The van der Waals surface area contributed by atoms with Crippen molar-refractivity contribution in [1.29, 1.82) is 0 Å². The van der Waals surface area contributed by atoms with E-state index in [1.54, 1.807) is 6.07 Å². The van der Waals surface area contributed by atoms with Crippen LogP contribution in [-0.2, 0) is 16.6 Å². The summed E-state index contributed by atoms with van der Waals surface area (Å²) in [6.45, 7) is 3.63. The lowest BCUT2D eigenvalue weighted by Crippen LogP contribution is -2.47. The van der Waals surface area contributed by atoms with Gasteiger partial charge in [-0.15, -0.1) is 0 Å². The molecule has 2 heterocycles. The zero-order valence-electron chi connectivity index (χ0n) is 16.0. The summed E-state index contributed by atoms with van der Waals surface area (Å²) in [6, 6.07) is 5.17. The largest absolute Gasteiger partial charge is 0.465 e. The molecule has 156 valence electrons. The summed E-state index contributed by atoms with van der Waals surface area (Å²) in [5.41, 5.74) is 1.27. The summed E-state index contributed by atoms with van der Waals surface area (Å²) in [5, 5.41) is 12.2. The Balaban J connectivity index is 1.51. The first-order valence-electron chi connectivity index (χ1n) is 9.42. The van der Waals surface area contributed by atoms with Gasteiger partial charge in [0.1, 0.15) is 5.82 Å². The van der Waals surface area contributed by atoms with Crippen molar-refractivity contribution in [1.82, 2.24) is 14.1 Å². The average Bonchev–Trinajstić information content (AvgIpc) is 2.64. The molecule has 2 N–H and O–H groups in total. The number of hydrogen-bond donors (Lipinski definition) is 2. The van der Waals surface area contributed by atoms with E-state index >= 15 is 0 Å². The summed E-state index contributed by atoms with van der Waals surface area (Å²) >= 11 is 0. The topological polar surface area (TPSA) is 93.2 Å². The molecule has 0 spiro atoms. The number of benzene rings is 1. The molecule has 3 rings (SSSR count). The molecule has 1 aromatic carbocycles.